The molecule has 216 valence electrons. The molecule has 2 aliphatic heterocycles. The molecule has 4 atom stereocenters. The molecule has 1 unspecified atom stereocenters. The van der Waals surface area contributed by atoms with Crippen molar-refractivity contribution in [3.8, 4) is 17.0 Å². The van der Waals surface area contributed by atoms with Crippen molar-refractivity contribution in [2.24, 2.45) is 23.7 Å². The van der Waals surface area contributed by atoms with Gasteiger partial charge in [-0.3, -0.25) is 9.59 Å². The molecule has 1 aromatic heterocycles. The van der Waals surface area contributed by atoms with Crippen LogP contribution in [0.3, 0.4) is 0 Å². The molecule has 3 aliphatic rings. The fraction of sp³-hybridized carbons (Fsp3) is 0.469. The summed E-state index contributed by atoms with van der Waals surface area (Å²) >= 11 is 1.60. The van der Waals surface area contributed by atoms with Crippen LogP contribution in [0.4, 0.5) is 5.13 Å². The van der Waals surface area contributed by atoms with Crippen LogP contribution in [0.1, 0.15) is 46.3 Å². The van der Waals surface area contributed by atoms with Crippen molar-refractivity contribution >= 4 is 28.3 Å². The second-order valence-corrected chi connectivity index (χ2v) is 12.7. The molecule has 1 saturated carbocycles. The van der Waals surface area contributed by atoms with Gasteiger partial charge in [0, 0.05) is 55.2 Å². The zero-order valence-electron chi connectivity index (χ0n) is 23.6. The third-order valence-electron chi connectivity index (χ3n) is 9.10. The van der Waals surface area contributed by atoms with Gasteiger partial charge in [0.1, 0.15) is 12.4 Å². The van der Waals surface area contributed by atoms with Gasteiger partial charge in [-0.1, -0.05) is 17.7 Å². The van der Waals surface area contributed by atoms with Crippen molar-refractivity contribution < 1.29 is 24.5 Å². The number of aromatic nitrogens is 1. The van der Waals surface area contributed by atoms with Crippen molar-refractivity contribution in [1.29, 1.82) is 0 Å². The van der Waals surface area contributed by atoms with Gasteiger partial charge < -0.3 is 24.7 Å². The van der Waals surface area contributed by atoms with E-state index in [0.717, 1.165) is 71.2 Å². The Hall–Kier alpha value is -3.43. The molecule has 6 rings (SSSR count). The number of piperidine rings is 1. The summed E-state index contributed by atoms with van der Waals surface area (Å²) in [6.07, 6.45) is 2.79. The Bertz CT molecular complexity index is 1440. The van der Waals surface area contributed by atoms with Gasteiger partial charge in [0.25, 0.3) is 5.91 Å². The number of ether oxygens (including phenoxy) is 1. The van der Waals surface area contributed by atoms with E-state index in [0.29, 0.717) is 25.3 Å². The number of nitrogens with zero attached hydrogens (tertiary/aromatic N) is 3. The first kappa shape index (κ1) is 27.7. The number of aliphatic hydroxyl groups is 1. The highest BCUT2D eigenvalue weighted by atomic mass is 32.1. The van der Waals surface area contributed by atoms with Crippen molar-refractivity contribution in [2.45, 2.75) is 39.7 Å². The van der Waals surface area contributed by atoms with E-state index in [1.807, 2.05) is 42.2 Å². The minimum Gasteiger partial charge on any atom is -0.488 e. The van der Waals surface area contributed by atoms with Crippen molar-refractivity contribution in [1.82, 2.24) is 9.88 Å². The third-order valence-corrected chi connectivity index (χ3v) is 10.00. The molecule has 0 spiro atoms. The summed E-state index contributed by atoms with van der Waals surface area (Å²) in [5, 5.41) is 22.1. The van der Waals surface area contributed by atoms with Crippen LogP contribution < -0.4 is 9.64 Å². The van der Waals surface area contributed by atoms with Crippen LogP contribution in [0.5, 0.6) is 5.75 Å². The molecule has 2 bridgehead atoms. The number of amides is 1. The number of benzene rings is 2. The van der Waals surface area contributed by atoms with Gasteiger partial charge in [0.05, 0.1) is 11.6 Å². The van der Waals surface area contributed by atoms with E-state index < -0.39 is 5.97 Å². The van der Waals surface area contributed by atoms with Gasteiger partial charge in [0.2, 0.25) is 0 Å². The Labute approximate surface area is 244 Å². The number of carbonyl (C=O) groups excluding carboxylic acids is 1. The predicted molar refractivity (Wildman–Crippen MR) is 158 cm³/mol. The number of anilines is 1. The Morgan fingerprint density at radius 1 is 1.05 bits per heavy atom. The molecule has 2 N–H and O–H groups in total. The lowest BCUT2D eigenvalue weighted by molar-refractivity contribution is -0.144. The molecule has 1 aliphatic carbocycles. The molecular formula is C32H37N3O5S. The molecule has 3 heterocycles. The maximum atomic E-state index is 13.0. The largest absolute Gasteiger partial charge is 0.488 e. The van der Waals surface area contributed by atoms with Crippen LogP contribution in [-0.2, 0) is 11.4 Å². The fourth-order valence-electron chi connectivity index (χ4n) is 6.78. The summed E-state index contributed by atoms with van der Waals surface area (Å²) in [4.78, 5) is 33.8. The predicted octanol–water partition coefficient (Wildman–Crippen LogP) is 5.01. The van der Waals surface area contributed by atoms with Gasteiger partial charge in [-0.05, 0) is 80.3 Å². The first-order valence-corrected chi connectivity index (χ1v) is 15.4. The van der Waals surface area contributed by atoms with Crippen molar-refractivity contribution in [2.75, 3.05) is 37.7 Å². The third kappa shape index (κ3) is 5.57. The number of rotatable bonds is 8. The van der Waals surface area contributed by atoms with Gasteiger partial charge in [-0.15, -0.1) is 11.3 Å². The number of likely N-dealkylation sites (tertiary alicyclic amines) is 1. The summed E-state index contributed by atoms with van der Waals surface area (Å²) in [6.45, 7) is 7.33. The summed E-state index contributed by atoms with van der Waals surface area (Å²) in [5.74, 6) is 0.434. The number of carboxylic acids is 1. The zero-order valence-corrected chi connectivity index (χ0v) is 24.4. The van der Waals surface area contributed by atoms with E-state index >= 15 is 0 Å². The molecule has 41 heavy (non-hydrogen) atoms. The number of thiazole rings is 1. The quantitative estimate of drug-likeness (QED) is 0.389. The highest BCUT2D eigenvalue weighted by Gasteiger charge is 2.46. The smallest absolute Gasteiger partial charge is 0.307 e. The molecule has 0 radical (unpaired) electrons. The van der Waals surface area contributed by atoms with Gasteiger partial charge in [0.15, 0.2) is 5.13 Å². The summed E-state index contributed by atoms with van der Waals surface area (Å²) in [6, 6.07) is 11.9. The Kier molecular flexibility index (Phi) is 7.74. The molecule has 9 heteroatoms. The highest BCUT2D eigenvalue weighted by molar-refractivity contribution is 7.14. The van der Waals surface area contributed by atoms with Crippen LogP contribution in [0.15, 0.2) is 41.8 Å². The van der Waals surface area contributed by atoms with Gasteiger partial charge >= 0.3 is 5.97 Å². The summed E-state index contributed by atoms with van der Waals surface area (Å²) < 4.78 is 6.34. The number of carbonyl (C=O) groups is 2. The van der Waals surface area contributed by atoms with E-state index in [4.69, 9.17) is 9.72 Å². The minimum atomic E-state index is -0.655. The monoisotopic (exact) mass is 575 g/mol. The minimum absolute atomic E-state index is 0.0110. The summed E-state index contributed by atoms with van der Waals surface area (Å²) in [7, 11) is 0. The lowest BCUT2D eigenvalue weighted by Gasteiger charge is -2.35. The Morgan fingerprint density at radius 3 is 2.51 bits per heavy atom. The number of aliphatic carboxylic acids is 1. The lowest BCUT2D eigenvalue weighted by Crippen LogP contribution is -2.44. The second kappa shape index (κ2) is 11.4. The Balaban J connectivity index is 1.15. The van der Waals surface area contributed by atoms with Crippen LogP contribution in [0.2, 0.25) is 0 Å². The van der Waals surface area contributed by atoms with Gasteiger partial charge in [-0.25, -0.2) is 4.98 Å². The van der Waals surface area contributed by atoms with E-state index in [1.54, 1.807) is 11.3 Å². The first-order chi connectivity index (χ1) is 19.8. The molecule has 2 saturated heterocycles. The maximum absolute atomic E-state index is 13.0. The van der Waals surface area contributed by atoms with Crippen molar-refractivity contribution in [3.05, 3.63) is 64.0 Å². The second-order valence-electron chi connectivity index (χ2n) is 11.9. The SMILES string of the molecule is Cc1ccc(OCc2ccc(C(=O)N3CC[C@H](CO)C3)cc2C)c(-c2csc(N3CC4CC[C@H](C3)[C@@H]4C(=O)O)n2)c1. The van der Waals surface area contributed by atoms with Crippen LogP contribution in [0.25, 0.3) is 11.3 Å². The fourth-order valence-corrected chi connectivity index (χ4v) is 7.63. The topological polar surface area (TPSA) is 103 Å². The zero-order chi connectivity index (χ0) is 28.7. The van der Waals surface area contributed by atoms with Crippen molar-refractivity contribution in [3.63, 3.8) is 0 Å². The van der Waals surface area contributed by atoms with E-state index in [9.17, 15) is 19.8 Å². The number of hydrogen-bond acceptors (Lipinski definition) is 7. The average Bonchev–Trinajstić information content (AvgIpc) is 3.70. The lowest BCUT2D eigenvalue weighted by atomic mass is 9.85. The standard InChI is InChI=1S/C32H37N3O5S/c1-19-3-8-28(40-17-25-7-4-22(12-20(25)2)30(37)34-10-9-21(13-34)16-36)26(11-19)27-18-41-32(33-27)35-14-23-5-6-24(15-35)29(23)31(38)39/h3-4,7-8,11-12,18,21,23-24,29,36H,5-6,9-10,13-17H2,1-2H3,(H,38,39)/t21-,23+,24?,29-/m0/s1. The normalized spacial score (nSPS) is 23.7. The molecule has 3 fully saturated rings. The number of fused-ring (bicyclic) bond motifs is 2. The van der Waals surface area contributed by atoms with Crippen LogP contribution in [0, 0.1) is 37.5 Å². The average molecular weight is 576 g/mol. The molecule has 2 aromatic carbocycles. The number of carboxylic acid groups (broad SMARTS) is 1. The Morgan fingerprint density at radius 2 is 1.83 bits per heavy atom. The van der Waals surface area contributed by atoms with Crippen LogP contribution >= 0.6 is 11.3 Å². The molecule has 3 aromatic rings. The number of aliphatic hydroxyl groups excluding tert-OH is 1. The van der Waals surface area contributed by atoms with Crippen LogP contribution in [-0.4, -0.2) is 64.8 Å². The maximum Gasteiger partial charge on any atom is 0.307 e. The van der Waals surface area contributed by atoms with E-state index in [-0.39, 0.29) is 36.2 Å². The first-order valence-electron chi connectivity index (χ1n) is 14.5. The number of hydrogen-bond donors (Lipinski definition) is 2. The molecule has 1 amide bonds. The van der Waals surface area contributed by atoms with Gasteiger partial charge in [-0.2, -0.15) is 0 Å². The van der Waals surface area contributed by atoms with E-state index in [2.05, 4.69) is 23.3 Å². The summed E-state index contributed by atoms with van der Waals surface area (Å²) in [5.41, 5.74) is 5.59. The number of aryl methyl sites for hydroxylation is 2. The van der Waals surface area contributed by atoms with E-state index in [1.165, 1.54) is 0 Å². The highest BCUT2D eigenvalue weighted by Crippen LogP contribution is 2.44. The molecular weight excluding hydrogens is 538 g/mol. The molecule has 8 nitrogen and oxygen atoms in total.